The van der Waals surface area contributed by atoms with E-state index in [4.69, 9.17) is 16.9 Å². The minimum Gasteiger partial charge on any atom is -0.309 e. The minimum atomic E-state index is -0.476. The Balaban J connectivity index is 1.79. The van der Waals surface area contributed by atoms with E-state index in [0.717, 1.165) is 10.2 Å². The zero-order chi connectivity index (χ0) is 18.5. The van der Waals surface area contributed by atoms with Gasteiger partial charge in [0.2, 0.25) is 5.91 Å². The van der Waals surface area contributed by atoms with Crippen molar-refractivity contribution in [1.29, 1.82) is 5.26 Å². The summed E-state index contributed by atoms with van der Waals surface area (Å²) in [7, 11) is 0. The summed E-state index contributed by atoms with van der Waals surface area (Å²) in [6.45, 7) is -0.279. The Morgan fingerprint density at radius 1 is 1.15 bits per heavy atom. The standard InChI is InChI=1S/C18H12ClN5O2/c19-13-6-4-12(5-7-13)15-8-9-18(26)24(23-15)11-17(25)22-16-3-1-2-14(10-20)21-16/h1-9H,11H2,(H,21,22,25). The van der Waals surface area contributed by atoms with Crippen LogP contribution in [0.1, 0.15) is 5.69 Å². The lowest BCUT2D eigenvalue weighted by Crippen LogP contribution is -2.29. The Bertz CT molecular complexity index is 1050. The number of carbonyl (C=O) groups is 1. The molecule has 0 fully saturated rings. The molecule has 0 bridgehead atoms. The molecule has 2 heterocycles. The number of nitriles is 1. The average molecular weight is 366 g/mol. The largest absolute Gasteiger partial charge is 0.309 e. The Morgan fingerprint density at radius 3 is 2.65 bits per heavy atom. The summed E-state index contributed by atoms with van der Waals surface area (Å²) in [6, 6.07) is 16.5. The van der Waals surface area contributed by atoms with E-state index in [1.807, 2.05) is 6.07 Å². The third-order valence-electron chi connectivity index (χ3n) is 3.43. The first-order chi connectivity index (χ1) is 12.5. The molecule has 7 nitrogen and oxygen atoms in total. The van der Waals surface area contributed by atoms with Crippen LogP contribution in [0.5, 0.6) is 0 Å². The maximum absolute atomic E-state index is 12.2. The van der Waals surface area contributed by atoms with E-state index in [9.17, 15) is 9.59 Å². The lowest BCUT2D eigenvalue weighted by atomic mass is 10.1. The lowest BCUT2D eigenvalue weighted by molar-refractivity contribution is -0.117. The van der Waals surface area contributed by atoms with Crippen molar-refractivity contribution in [2.75, 3.05) is 5.32 Å². The molecule has 1 amide bonds. The second kappa shape index (κ2) is 7.59. The number of pyridine rings is 1. The van der Waals surface area contributed by atoms with Crippen molar-refractivity contribution < 1.29 is 4.79 Å². The van der Waals surface area contributed by atoms with Gasteiger partial charge in [0.15, 0.2) is 0 Å². The number of hydrogen-bond donors (Lipinski definition) is 1. The molecule has 2 aromatic heterocycles. The zero-order valence-corrected chi connectivity index (χ0v) is 14.1. The molecule has 8 heteroatoms. The van der Waals surface area contributed by atoms with Gasteiger partial charge >= 0.3 is 0 Å². The van der Waals surface area contributed by atoms with Gasteiger partial charge < -0.3 is 5.32 Å². The molecule has 128 valence electrons. The normalized spacial score (nSPS) is 10.2. The van der Waals surface area contributed by atoms with Gasteiger partial charge in [-0.15, -0.1) is 0 Å². The van der Waals surface area contributed by atoms with Crippen LogP contribution >= 0.6 is 11.6 Å². The lowest BCUT2D eigenvalue weighted by Gasteiger charge is -2.08. The zero-order valence-electron chi connectivity index (χ0n) is 13.4. The van der Waals surface area contributed by atoms with Gasteiger partial charge in [-0.05, 0) is 30.3 Å². The highest BCUT2D eigenvalue weighted by Gasteiger charge is 2.09. The number of hydrogen-bond acceptors (Lipinski definition) is 5. The Morgan fingerprint density at radius 2 is 1.92 bits per heavy atom. The predicted octanol–water partition coefficient (Wildman–Crippen LogP) is 2.47. The molecule has 0 aliphatic rings. The van der Waals surface area contributed by atoms with Crippen LogP contribution in [-0.4, -0.2) is 20.7 Å². The SMILES string of the molecule is N#Cc1cccc(NC(=O)Cn2nc(-c3ccc(Cl)cc3)ccc2=O)n1. The molecule has 1 N–H and O–H groups in total. The van der Waals surface area contributed by atoms with E-state index >= 15 is 0 Å². The summed E-state index contributed by atoms with van der Waals surface area (Å²) in [5.41, 5.74) is 1.09. The molecule has 0 saturated heterocycles. The minimum absolute atomic E-state index is 0.183. The Hall–Kier alpha value is -3.50. The fourth-order valence-corrected chi connectivity index (χ4v) is 2.35. The molecule has 0 radical (unpaired) electrons. The van der Waals surface area contributed by atoms with Crippen molar-refractivity contribution in [1.82, 2.24) is 14.8 Å². The number of carbonyl (C=O) groups excluding carboxylic acids is 1. The van der Waals surface area contributed by atoms with E-state index in [2.05, 4.69) is 15.4 Å². The number of aromatic nitrogens is 3. The van der Waals surface area contributed by atoms with Gasteiger partial charge in [-0.3, -0.25) is 9.59 Å². The number of nitrogens with zero attached hydrogens (tertiary/aromatic N) is 4. The first-order valence-electron chi connectivity index (χ1n) is 7.56. The van der Waals surface area contributed by atoms with Crippen molar-refractivity contribution >= 4 is 23.3 Å². The van der Waals surface area contributed by atoms with Gasteiger partial charge in [0.25, 0.3) is 5.56 Å². The summed E-state index contributed by atoms with van der Waals surface area (Å²) in [6.07, 6.45) is 0. The van der Waals surface area contributed by atoms with Gasteiger partial charge in [-0.25, -0.2) is 9.67 Å². The summed E-state index contributed by atoms with van der Waals surface area (Å²) in [4.78, 5) is 28.1. The fourth-order valence-electron chi connectivity index (χ4n) is 2.22. The average Bonchev–Trinajstić information content (AvgIpc) is 2.64. The molecule has 0 spiro atoms. The second-order valence-corrected chi connectivity index (χ2v) is 5.73. The first-order valence-corrected chi connectivity index (χ1v) is 7.94. The number of nitrogens with one attached hydrogen (secondary N) is 1. The van der Waals surface area contributed by atoms with E-state index in [-0.39, 0.29) is 18.1 Å². The summed E-state index contributed by atoms with van der Waals surface area (Å²) < 4.78 is 1.06. The van der Waals surface area contributed by atoms with Crippen LogP contribution in [-0.2, 0) is 11.3 Å². The van der Waals surface area contributed by atoms with Gasteiger partial charge in [0.05, 0.1) is 5.69 Å². The highest BCUT2D eigenvalue weighted by Crippen LogP contribution is 2.18. The third-order valence-corrected chi connectivity index (χ3v) is 3.68. The smallest absolute Gasteiger partial charge is 0.267 e. The van der Waals surface area contributed by atoms with Crippen molar-refractivity contribution in [3.63, 3.8) is 0 Å². The molecule has 3 aromatic rings. The monoisotopic (exact) mass is 365 g/mol. The van der Waals surface area contributed by atoms with E-state index in [1.165, 1.54) is 12.1 Å². The topological polar surface area (TPSA) is 101 Å². The van der Waals surface area contributed by atoms with Crippen LogP contribution in [0.15, 0.2) is 59.4 Å². The maximum Gasteiger partial charge on any atom is 0.267 e. The van der Waals surface area contributed by atoms with Crippen LogP contribution in [0.4, 0.5) is 5.82 Å². The third kappa shape index (κ3) is 4.12. The van der Waals surface area contributed by atoms with E-state index in [1.54, 1.807) is 42.5 Å². The Labute approximate surface area is 153 Å². The number of anilines is 1. The van der Waals surface area contributed by atoms with Crippen LogP contribution in [0.3, 0.4) is 0 Å². The number of halogens is 1. The van der Waals surface area contributed by atoms with Gasteiger partial charge in [0, 0.05) is 16.7 Å². The van der Waals surface area contributed by atoms with Gasteiger partial charge in [0.1, 0.15) is 24.1 Å². The van der Waals surface area contributed by atoms with Crippen LogP contribution < -0.4 is 10.9 Å². The molecule has 0 atom stereocenters. The molecule has 26 heavy (non-hydrogen) atoms. The quantitative estimate of drug-likeness (QED) is 0.765. The molecule has 0 aliphatic carbocycles. The predicted molar refractivity (Wildman–Crippen MR) is 96.5 cm³/mol. The maximum atomic E-state index is 12.2. The van der Waals surface area contributed by atoms with Crippen molar-refractivity contribution in [2.24, 2.45) is 0 Å². The van der Waals surface area contributed by atoms with Crippen LogP contribution in [0, 0.1) is 11.3 Å². The van der Waals surface area contributed by atoms with Crippen LogP contribution in [0.2, 0.25) is 5.02 Å². The molecular weight excluding hydrogens is 354 g/mol. The van der Waals surface area contributed by atoms with Crippen molar-refractivity contribution in [3.8, 4) is 17.3 Å². The molecule has 0 unspecified atom stereocenters. The van der Waals surface area contributed by atoms with Crippen molar-refractivity contribution in [3.05, 3.63) is 75.7 Å². The number of benzene rings is 1. The van der Waals surface area contributed by atoms with Gasteiger partial charge in [-0.2, -0.15) is 10.4 Å². The highest BCUT2D eigenvalue weighted by atomic mass is 35.5. The Kier molecular flexibility index (Phi) is 5.06. The molecule has 1 aromatic carbocycles. The fraction of sp³-hybridized carbons (Fsp3) is 0.0556. The van der Waals surface area contributed by atoms with Crippen LogP contribution in [0.25, 0.3) is 11.3 Å². The highest BCUT2D eigenvalue weighted by molar-refractivity contribution is 6.30. The van der Waals surface area contributed by atoms with Crippen molar-refractivity contribution in [2.45, 2.75) is 6.54 Å². The summed E-state index contributed by atoms with van der Waals surface area (Å²) in [5.74, 6) is -0.244. The summed E-state index contributed by atoms with van der Waals surface area (Å²) in [5, 5.41) is 16.2. The molecule has 0 saturated carbocycles. The molecule has 3 rings (SSSR count). The molecular formula is C18H12ClN5O2. The molecule has 0 aliphatic heterocycles. The van der Waals surface area contributed by atoms with Gasteiger partial charge in [-0.1, -0.05) is 29.8 Å². The first kappa shape index (κ1) is 17.3. The number of rotatable bonds is 4. The number of amides is 1. The van der Waals surface area contributed by atoms with E-state index < -0.39 is 11.5 Å². The second-order valence-electron chi connectivity index (χ2n) is 5.29. The summed E-state index contributed by atoms with van der Waals surface area (Å²) >= 11 is 5.87. The van der Waals surface area contributed by atoms with E-state index in [0.29, 0.717) is 10.7 Å².